The van der Waals surface area contributed by atoms with Crippen molar-refractivity contribution in [1.29, 1.82) is 0 Å². The molecule has 0 amide bonds. The number of ether oxygens (including phenoxy) is 1. The van der Waals surface area contributed by atoms with E-state index in [4.69, 9.17) is 16.1 Å². The average molecular weight is 360 g/mol. The van der Waals surface area contributed by atoms with Gasteiger partial charge in [0.05, 0.1) is 23.1 Å². The number of anilines is 1. The second kappa shape index (κ2) is 7.42. The van der Waals surface area contributed by atoms with E-state index in [1.807, 2.05) is 28.9 Å². The van der Waals surface area contributed by atoms with Crippen molar-refractivity contribution in [3.63, 3.8) is 0 Å². The summed E-state index contributed by atoms with van der Waals surface area (Å²) in [4.78, 5) is 4.72. The number of fused-ring (bicyclic) bond motifs is 1. The first kappa shape index (κ1) is 17.6. The van der Waals surface area contributed by atoms with E-state index >= 15 is 0 Å². The molecule has 1 fully saturated rings. The molecule has 3 aromatic heterocycles. The maximum Gasteiger partial charge on any atom is 0.0910 e. The number of rotatable bonds is 4. The smallest absolute Gasteiger partial charge is 0.0910 e. The van der Waals surface area contributed by atoms with Crippen LogP contribution >= 0.6 is 0 Å². The summed E-state index contributed by atoms with van der Waals surface area (Å²) in [5, 5.41) is 8.21. The van der Waals surface area contributed by atoms with Gasteiger partial charge in [0.1, 0.15) is 0 Å². The number of hydrogen-bond acceptors (Lipinski definition) is 4. The quantitative estimate of drug-likeness (QED) is 0.712. The fraction of sp³-hybridized carbons (Fsp3) is 0.364. The molecule has 0 aromatic carbocycles. The van der Waals surface area contributed by atoms with Crippen LogP contribution in [0.3, 0.4) is 0 Å². The van der Waals surface area contributed by atoms with E-state index in [0.29, 0.717) is 12.0 Å². The Bertz CT molecular complexity index is 993. The van der Waals surface area contributed by atoms with Gasteiger partial charge in [-0.05, 0) is 48.6 Å². The van der Waals surface area contributed by atoms with E-state index in [1.54, 1.807) is 6.20 Å². The molecule has 0 spiro atoms. The van der Waals surface area contributed by atoms with Crippen molar-refractivity contribution in [1.82, 2.24) is 14.6 Å². The molecule has 3 aromatic rings. The number of hydrogen-bond donors (Lipinski definition) is 1. The normalized spacial score (nSPS) is 15.2. The van der Waals surface area contributed by atoms with Crippen LogP contribution in [0.4, 0.5) is 5.69 Å². The summed E-state index contributed by atoms with van der Waals surface area (Å²) in [6.07, 6.45) is 11.2. The lowest BCUT2D eigenvalue weighted by Crippen LogP contribution is -2.28. The second-order valence-electron chi connectivity index (χ2n) is 7.29. The molecule has 0 radical (unpaired) electrons. The summed E-state index contributed by atoms with van der Waals surface area (Å²) in [5.41, 5.74) is 5.98. The third-order valence-corrected chi connectivity index (χ3v) is 5.07. The molecule has 0 unspecified atom stereocenters. The third kappa shape index (κ3) is 3.54. The molecule has 1 N–H and O–H groups in total. The fourth-order valence-electron chi connectivity index (χ4n) is 3.53. The molecule has 138 valence electrons. The van der Waals surface area contributed by atoms with Gasteiger partial charge in [-0.15, -0.1) is 6.42 Å². The molecule has 1 aliphatic rings. The predicted molar refractivity (Wildman–Crippen MR) is 108 cm³/mol. The fourth-order valence-corrected chi connectivity index (χ4v) is 3.53. The van der Waals surface area contributed by atoms with Crippen LogP contribution < -0.4 is 5.32 Å². The summed E-state index contributed by atoms with van der Waals surface area (Å²) < 4.78 is 7.37. The van der Waals surface area contributed by atoms with Gasteiger partial charge in [-0.1, -0.05) is 19.8 Å². The van der Waals surface area contributed by atoms with E-state index in [1.165, 1.54) is 5.56 Å². The first-order chi connectivity index (χ1) is 13.2. The number of terminal acetylenes is 1. The number of nitrogens with zero attached hydrogens (tertiary/aromatic N) is 3. The van der Waals surface area contributed by atoms with Crippen LogP contribution in [-0.4, -0.2) is 33.9 Å². The second-order valence-corrected chi connectivity index (χ2v) is 7.29. The molecule has 0 aliphatic carbocycles. The topological polar surface area (TPSA) is 51.5 Å². The zero-order valence-electron chi connectivity index (χ0n) is 15.8. The van der Waals surface area contributed by atoms with Crippen molar-refractivity contribution in [2.75, 3.05) is 18.5 Å². The van der Waals surface area contributed by atoms with Crippen LogP contribution in [0.5, 0.6) is 0 Å². The minimum atomic E-state index is 0.397. The molecule has 4 heterocycles. The molecule has 5 nitrogen and oxygen atoms in total. The largest absolute Gasteiger partial charge is 0.382 e. The standard InChI is InChI=1S/C22H24N4O/c1-4-16-11-18-5-6-22(26(18)24-13-16)21-12-20(19(14-23-21)15(2)3)25-17-7-9-27-10-8-17/h1,5-6,11-15,17H,7-10H2,2-3H3,(H,23,25). The van der Waals surface area contributed by atoms with Crippen molar-refractivity contribution in [3.8, 4) is 23.7 Å². The number of pyridine rings is 1. The van der Waals surface area contributed by atoms with E-state index < -0.39 is 0 Å². The zero-order chi connectivity index (χ0) is 18.8. The number of nitrogens with one attached hydrogen (secondary N) is 1. The summed E-state index contributed by atoms with van der Waals surface area (Å²) >= 11 is 0. The first-order valence-electron chi connectivity index (χ1n) is 9.44. The summed E-state index contributed by atoms with van der Waals surface area (Å²) in [7, 11) is 0. The van der Waals surface area contributed by atoms with E-state index in [0.717, 1.165) is 54.2 Å². The van der Waals surface area contributed by atoms with Crippen LogP contribution in [0.1, 0.15) is 43.7 Å². The molecule has 0 saturated carbocycles. The van der Waals surface area contributed by atoms with Gasteiger partial charge >= 0.3 is 0 Å². The molecule has 0 atom stereocenters. The Morgan fingerprint density at radius 3 is 2.78 bits per heavy atom. The Morgan fingerprint density at radius 2 is 2.04 bits per heavy atom. The lowest BCUT2D eigenvalue weighted by molar-refractivity contribution is 0.0904. The highest BCUT2D eigenvalue weighted by Crippen LogP contribution is 2.30. The van der Waals surface area contributed by atoms with Gasteiger partial charge in [0.2, 0.25) is 0 Å². The van der Waals surface area contributed by atoms with Gasteiger partial charge < -0.3 is 10.1 Å². The first-order valence-corrected chi connectivity index (χ1v) is 9.44. The maximum absolute atomic E-state index is 5.49. The Hall–Kier alpha value is -2.84. The van der Waals surface area contributed by atoms with Crippen molar-refractivity contribution in [2.45, 2.75) is 38.6 Å². The SMILES string of the molecule is C#Cc1cnn2c(-c3cc(NC4CCOCC4)c(C(C)C)cn3)ccc2c1. The van der Waals surface area contributed by atoms with Gasteiger partial charge in [-0.3, -0.25) is 4.98 Å². The minimum Gasteiger partial charge on any atom is -0.382 e. The maximum atomic E-state index is 5.49. The van der Waals surface area contributed by atoms with Crippen LogP contribution in [-0.2, 0) is 4.74 Å². The van der Waals surface area contributed by atoms with Gasteiger partial charge in [-0.2, -0.15) is 5.10 Å². The Labute approximate surface area is 159 Å². The van der Waals surface area contributed by atoms with Crippen molar-refractivity contribution in [3.05, 3.63) is 47.8 Å². The molecule has 5 heteroatoms. The summed E-state index contributed by atoms with van der Waals surface area (Å²) in [6.45, 7) is 6.03. The Morgan fingerprint density at radius 1 is 1.22 bits per heavy atom. The molecule has 1 saturated heterocycles. The van der Waals surface area contributed by atoms with Gasteiger partial charge in [0.15, 0.2) is 0 Å². The molecule has 0 bridgehead atoms. The van der Waals surface area contributed by atoms with Crippen molar-refractivity contribution < 1.29 is 4.74 Å². The van der Waals surface area contributed by atoms with Gasteiger partial charge in [0.25, 0.3) is 0 Å². The van der Waals surface area contributed by atoms with Crippen LogP contribution in [0.2, 0.25) is 0 Å². The molecular formula is C22H24N4O. The molecule has 1 aliphatic heterocycles. The van der Waals surface area contributed by atoms with Crippen LogP contribution in [0.25, 0.3) is 16.9 Å². The highest BCUT2D eigenvalue weighted by Gasteiger charge is 2.18. The monoisotopic (exact) mass is 360 g/mol. The minimum absolute atomic E-state index is 0.397. The summed E-state index contributed by atoms with van der Waals surface area (Å²) in [6, 6.07) is 8.60. The van der Waals surface area contributed by atoms with E-state index in [2.05, 4.69) is 36.2 Å². The predicted octanol–water partition coefficient (Wildman–Crippen LogP) is 4.09. The Balaban J connectivity index is 1.73. The Kier molecular flexibility index (Phi) is 4.83. The highest BCUT2D eigenvalue weighted by molar-refractivity contribution is 5.69. The third-order valence-electron chi connectivity index (χ3n) is 5.07. The highest BCUT2D eigenvalue weighted by atomic mass is 16.5. The van der Waals surface area contributed by atoms with E-state index in [-0.39, 0.29) is 0 Å². The molecule has 4 rings (SSSR count). The van der Waals surface area contributed by atoms with Gasteiger partial charge in [-0.25, -0.2) is 4.52 Å². The average Bonchev–Trinajstić information content (AvgIpc) is 3.11. The lowest BCUT2D eigenvalue weighted by Gasteiger charge is -2.26. The summed E-state index contributed by atoms with van der Waals surface area (Å²) in [5.74, 6) is 3.03. The van der Waals surface area contributed by atoms with E-state index in [9.17, 15) is 0 Å². The lowest BCUT2D eigenvalue weighted by atomic mass is 10.0. The molecule has 27 heavy (non-hydrogen) atoms. The number of aromatic nitrogens is 3. The zero-order valence-corrected chi connectivity index (χ0v) is 15.8. The van der Waals surface area contributed by atoms with Crippen molar-refractivity contribution >= 4 is 11.2 Å². The van der Waals surface area contributed by atoms with Crippen LogP contribution in [0, 0.1) is 12.3 Å². The van der Waals surface area contributed by atoms with Crippen LogP contribution in [0.15, 0.2) is 36.7 Å². The van der Waals surface area contributed by atoms with Crippen molar-refractivity contribution in [2.24, 2.45) is 0 Å². The van der Waals surface area contributed by atoms with Gasteiger partial charge in [0, 0.05) is 36.7 Å². The molecular weight excluding hydrogens is 336 g/mol.